The third-order valence-electron chi connectivity index (χ3n) is 3.66. The van der Waals surface area contributed by atoms with Crippen LogP contribution in [0.3, 0.4) is 0 Å². The van der Waals surface area contributed by atoms with Crippen molar-refractivity contribution in [2.75, 3.05) is 0 Å². The minimum absolute atomic E-state index is 0.539. The molecule has 0 fully saturated rings. The molecule has 0 saturated carbocycles. The van der Waals surface area contributed by atoms with Gasteiger partial charge < -0.3 is 0 Å². The average Bonchev–Trinajstić information content (AvgIpc) is 2.39. The second kappa shape index (κ2) is 6.21. The van der Waals surface area contributed by atoms with Gasteiger partial charge in [-0.05, 0) is 47.9 Å². The predicted octanol–water partition coefficient (Wildman–Crippen LogP) is 5.38. The van der Waals surface area contributed by atoms with Crippen molar-refractivity contribution in [3.63, 3.8) is 0 Å². The molecule has 0 aliphatic rings. The van der Waals surface area contributed by atoms with Crippen LogP contribution >= 0.6 is 0 Å². The van der Waals surface area contributed by atoms with Crippen molar-refractivity contribution in [1.82, 2.24) is 4.98 Å². The number of nitrogens with zero attached hydrogens (tertiary/aromatic N) is 1. The Labute approximate surface area is 123 Å². The van der Waals surface area contributed by atoms with E-state index in [-0.39, 0.29) is 0 Å². The summed E-state index contributed by atoms with van der Waals surface area (Å²) < 4.78 is 0. The van der Waals surface area contributed by atoms with E-state index in [4.69, 9.17) is 0 Å². The molecule has 0 spiro atoms. The first-order valence-electron chi connectivity index (χ1n) is 7.53. The van der Waals surface area contributed by atoms with E-state index in [1.807, 2.05) is 6.20 Å². The van der Waals surface area contributed by atoms with E-state index in [0.717, 1.165) is 12.1 Å². The van der Waals surface area contributed by atoms with E-state index in [0.29, 0.717) is 11.8 Å². The fraction of sp³-hybridized carbons (Fsp3) is 0.421. The monoisotopic (exact) mass is 267 g/mol. The second-order valence-electron chi connectivity index (χ2n) is 6.38. The van der Waals surface area contributed by atoms with Gasteiger partial charge in [-0.15, -0.1) is 0 Å². The molecule has 1 aromatic carbocycles. The fourth-order valence-electron chi connectivity index (χ4n) is 2.60. The van der Waals surface area contributed by atoms with Crippen LogP contribution in [0.2, 0.25) is 0 Å². The molecule has 1 aromatic heterocycles. The molecule has 1 nitrogen and oxygen atoms in total. The maximum Gasteiger partial charge on any atom is 0.0705 e. The molecule has 0 atom stereocenters. The lowest BCUT2D eigenvalue weighted by atomic mass is 9.96. The van der Waals surface area contributed by atoms with Gasteiger partial charge in [-0.1, -0.05) is 52.0 Å². The lowest BCUT2D eigenvalue weighted by Crippen LogP contribution is -1.96. The maximum absolute atomic E-state index is 4.58. The van der Waals surface area contributed by atoms with Gasteiger partial charge in [0.2, 0.25) is 0 Å². The summed E-state index contributed by atoms with van der Waals surface area (Å²) in [4.78, 5) is 4.58. The van der Waals surface area contributed by atoms with E-state index >= 15 is 0 Å². The van der Waals surface area contributed by atoms with Crippen LogP contribution in [-0.4, -0.2) is 4.98 Å². The summed E-state index contributed by atoms with van der Waals surface area (Å²) in [7, 11) is 0. The van der Waals surface area contributed by atoms with E-state index in [9.17, 15) is 0 Å². The zero-order chi connectivity index (χ0) is 14.7. The number of rotatable bonds is 4. The minimum atomic E-state index is 0.539. The summed E-state index contributed by atoms with van der Waals surface area (Å²) >= 11 is 0. The Morgan fingerprint density at radius 2 is 1.65 bits per heavy atom. The molecule has 2 rings (SSSR count). The van der Waals surface area contributed by atoms with E-state index in [1.165, 1.54) is 22.3 Å². The Kier molecular flexibility index (Phi) is 4.59. The summed E-state index contributed by atoms with van der Waals surface area (Å²) in [5.41, 5.74) is 6.36. The highest BCUT2D eigenvalue weighted by Gasteiger charge is 2.07. The van der Waals surface area contributed by atoms with Crippen molar-refractivity contribution in [3.05, 3.63) is 53.2 Å². The molecule has 1 heteroatoms. The van der Waals surface area contributed by atoms with Gasteiger partial charge in [-0.25, -0.2) is 0 Å². The highest BCUT2D eigenvalue weighted by molar-refractivity contribution is 5.61. The van der Waals surface area contributed by atoms with Gasteiger partial charge in [-0.2, -0.15) is 0 Å². The average molecular weight is 267 g/mol. The van der Waals surface area contributed by atoms with Gasteiger partial charge in [0.05, 0.1) is 5.69 Å². The summed E-state index contributed by atoms with van der Waals surface area (Å²) in [5, 5.41) is 0. The first-order valence-corrected chi connectivity index (χ1v) is 7.53. The molecule has 0 amide bonds. The number of hydrogen-bond acceptors (Lipinski definition) is 1. The van der Waals surface area contributed by atoms with Crippen LogP contribution in [0.1, 0.15) is 50.3 Å². The topological polar surface area (TPSA) is 12.9 Å². The summed E-state index contributed by atoms with van der Waals surface area (Å²) in [5.74, 6) is 1.24. The van der Waals surface area contributed by atoms with Crippen LogP contribution in [0.4, 0.5) is 0 Å². The molecule has 0 radical (unpaired) electrons. The number of pyridine rings is 1. The number of aromatic nitrogens is 1. The van der Waals surface area contributed by atoms with Gasteiger partial charge in [0.1, 0.15) is 0 Å². The van der Waals surface area contributed by atoms with Crippen LogP contribution in [0, 0.1) is 12.8 Å². The first-order chi connectivity index (χ1) is 9.47. The van der Waals surface area contributed by atoms with Gasteiger partial charge in [-0.3, -0.25) is 4.98 Å². The second-order valence-corrected chi connectivity index (χ2v) is 6.38. The molecular formula is C19H25N. The van der Waals surface area contributed by atoms with Crippen LogP contribution < -0.4 is 0 Å². The van der Waals surface area contributed by atoms with Crippen molar-refractivity contribution >= 4 is 0 Å². The van der Waals surface area contributed by atoms with Crippen molar-refractivity contribution in [1.29, 1.82) is 0 Å². The third-order valence-corrected chi connectivity index (χ3v) is 3.66. The molecule has 106 valence electrons. The van der Waals surface area contributed by atoms with Gasteiger partial charge in [0.15, 0.2) is 0 Å². The van der Waals surface area contributed by atoms with E-state index < -0.39 is 0 Å². The SMILES string of the molecule is Cc1cnc(-c2ccc(CC(C)C)cc2)cc1C(C)C. The molecular weight excluding hydrogens is 242 g/mol. The lowest BCUT2D eigenvalue weighted by Gasteiger charge is -2.12. The molecule has 0 aliphatic carbocycles. The Hall–Kier alpha value is -1.63. The Morgan fingerprint density at radius 1 is 1.00 bits per heavy atom. The molecule has 0 saturated heterocycles. The van der Waals surface area contributed by atoms with Gasteiger partial charge in [0.25, 0.3) is 0 Å². The number of aryl methyl sites for hydroxylation is 1. The summed E-state index contributed by atoms with van der Waals surface area (Å²) in [6.07, 6.45) is 3.13. The van der Waals surface area contributed by atoms with Gasteiger partial charge >= 0.3 is 0 Å². The molecule has 0 bridgehead atoms. The normalized spacial score (nSPS) is 11.3. The van der Waals surface area contributed by atoms with Crippen LogP contribution in [0.15, 0.2) is 36.5 Å². The molecule has 0 aliphatic heterocycles. The largest absolute Gasteiger partial charge is 0.256 e. The molecule has 0 N–H and O–H groups in total. The van der Waals surface area contributed by atoms with Crippen LogP contribution in [0.5, 0.6) is 0 Å². The van der Waals surface area contributed by atoms with Crippen molar-refractivity contribution in [3.8, 4) is 11.3 Å². The number of benzene rings is 1. The highest BCUT2D eigenvalue weighted by atomic mass is 14.7. The molecule has 2 aromatic rings. The Morgan fingerprint density at radius 3 is 2.20 bits per heavy atom. The van der Waals surface area contributed by atoms with Crippen molar-refractivity contribution in [2.45, 2.75) is 47.0 Å². The summed E-state index contributed by atoms with van der Waals surface area (Å²) in [6, 6.07) is 11.1. The van der Waals surface area contributed by atoms with Crippen molar-refractivity contribution < 1.29 is 0 Å². The standard InChI is InChI=1S/C19H25N/c1-13(2)10-16-6-8-17(9-7-16)19-11-18(14(3)4)15(5)12-20-19/h6-9,11-14H,10H2,1-5H3. The van der Waals surface area contributed by atoms with Crippen LogP contribution in [-0.2, 0) is 6.42 Å². The summed E-state index contributed by atoms with van der Waals surface area (Å²) in [6.45, 7) is 11.1. The number of hydrogen-bond donors (Lipinski definition) is 0. The Balaban J connectivity index is 2.30. The zero-order valence-electron chi connectivity index (χ0n) is 13.3. The van der Waals surface area contributed by atoms with Crippen LogP contribution in [0.25, 0.3) is 11.3 Å². The first kappa shape index (κ1) is 14.8. The molecule has 0 unspecified atom stereocenters. The smallest absolute Gasteiger partial charge is 0.0705 e. The van der Waals surface area contributed by atoms with Crippen molar-refractivity contribution in [2.24, 2.45) is 5.92 Å². The molecule has 20 heavy (non-hydrogen) atoms. The lowest BCUT2D eigenvalue weighted by molar-refractivity contribution is 0.647. The third kappa shape index (κ3) is 3.47. The predicted molar refractivity (Wildman–Crippen MR) is 87.0 cm³/mol. The highest BCUT2D eigenvalue weighted by Crippen LogP contribution is 2.25. The van der Waals surface area contributed by atoms with E-state index in [1.54, 1.807) is 0 Å². The quantitative estimate of drug-likeness (QED) is 0.724. The van der Waals surface area contributed by atoms with Gasteiger partial charge in [0, 0.05) is 11.8 Å². The maximum atomic E-state index is 4.58. The minimum Gasteiger partial charge on any atom is -0.256 e. The Bertz CT molecular complexity index is 565. The van der Waals surface area contributed by atoms with E-state index in [2.05, 4.69) is 69.9 Å². The zero-order valence-corrected chi connectivity index (χ0v) is 13.3. The fourth-order valence-corrected chi connectivity index (χ4v) is 2.60. The molecule has 1 heterocycles.